The predicted octanol–water partition coefficient (Wildman–Crippen LogP) is 2.55. The highest BCUT2D eigenvalue weighted by atomic mass is 16.5. The van der Waals surface area contributed by atoms with Crippen molar-refractivity contribution in [2.24, 2.45) is 11.3 Å². The second-order valence-electron chi connectivity index (χ2n) is 5.44. The summed E-state index contributed by atoms with van der Waals surface area (Å²) in [7, 11) is 1.71. The van der Waals surface area contributed by atoms with Crippen LogP contribution in [0.1, 0.15) is 40.5 Å². The highest BCUT2D eigenvalue weighted by molar-refractivity contribution is 5.47. The van der Waals surface area contributed by atoms with Crippen molar-refractivity contribution < 1.29 is 9.53 Å². The van der Waals surface area contributed by atoms with Crippen LogP contribution < -0.4 is 0 Å². The van der Waals surface area contributed by atoms with Gasteiger partial charge in [0.25, 0.3) is 0 Å². The third-order valence-electron chi connectivity index (χ3n) is 3.00. The molecule has 0 saturated carbocycles. The molecule has 1 heterocycles. The van der Waals surface area contributed by atoms with Crippen molar-refractivity contribution in [2.45, 2.75) is 40.5 Å². The molecule has 1 saturated heterocycles. The molecule has 0 aromatic carbocycles. The summed E-state index contributed by atoms with van der Waals surface area (Å²) >= 11 is 0. The highest BCUT2D eigenvalue weighted by Gasteiger charge is 2.30. The number of methoxy groups -OCH3 is 1. The van der Waals surface area contributed by atoms with Gasteiger partial charge in [0.15, 0.2) is 0 Å². The van der Waals surface area contributed by atoms with Crippen molar-refractivity contribution >= 4 is 6.41 Å². The zero-order valence-electron chi connectivity index (χ0n) is 11.5. The lowest BCUT2D eigenvalue weighted by Gasteiger charge is -2.26. The average molecular weight is 229 g/mol. The van der Waals surface area contributed by atoms with Crippen molar-refractivity contribution in [3.63, 3.8) is 0 Å². The largest absolute Gasteiger partial charge is 0.385 e. The fourth-order valence-electron chi connectivity index (χ4n) is 1.79. The number of hydrogen-bond donors (Lipinski definition) is 0. The smallest absolute Gasteiger partial charge is 0.209 e. The van der Waals surface area contributed by atoms with E-state index in [0.29, 0.717) is 11.3 Å². The van der Waals surface area contributed by atoms with Crippen molar-refractivity contribution in [3.05, 3.63) is 0 Å². The molecule has 1 aliphatic rings. The van der Waals surface area contributed by atoms with Crippen LogP contribution in [0, 0.1) is 11.3 Å². The first-order valence-electron chi connectivity index (χ1n) is 6.14. The van der Waals surface area contributed by atoms with Gasteiger partial charge in [-0.3, -0.25) is 4.79 Å². The van der Waals surface area contributed by atoms with E-state index in [9.17, 15) is 4.79 Å². The van der Waals surface area contributed by atoms with E-state index < -0.39 is 0 Å². The van der Waals surface area contributed by atoms with Crippen LogP contribution in [0.25, 0.3) is 0 Å². The van der Waals surface area contributed by atoms with Gasteiger partial charge in [-0.25, -0.2) is 0 Å². The quantitative estimate of drug-likeness (QED) is 0.696. The van der Waals surface area contributed by atoms with Gasteiger partial charge in [-0.1, -0.05) is 27.7 Å². The first kappa shape index (κ1) is 15.4. The molecule has 3 heteroatoms. The second-order valence-corrected chi connectivity index (χ2v) is 5.44. The maximum absolute atomic E-state index is 10.4. The van der Waals surface area contributed by atoms with Gasteiger partial charge in [0.1, 0.15) is 0 Å². The summed E-state index contributed by atoms with van der Waals surface area (Å²) in [5.41, 5.74) is 0.359. The molecule has 0 aromatic heterocycles. The molecule has 3 nitrogen and oxygen atoms in total. The van der Waals surface area contributed by atoms with Gasteiger partial charge >= 0.3 is 0 Å². The van der Waals surface area contributed by atoms with E-state index in [2.05, 4.69) is 27.7 Å². The maximum Gasteiger partial charge on any atom is 0.209 e. The Morgan fingerprint density at radius 2 is 2.06 bits per heavy atom. The highest BCUT2D eigenvalue weighted by Crippen LogP contribution is 2.32. The lowest BCUT2D eigenvalue weighted by Crippen LogP contribution is -2.24. The average Bonchev–Trinajstić information content (AvgIpc) is 2.67. The Balaban J connectivity index is 0.000000385. The van der Waals surface area contributed by atoms with Gasteiger partial charge < -0.3 is 9.64 Å². The Morgan fingerprint density at radius 3 is 2.25 bits per heavy atom. The Morgan fingerprint density at radius 1 is 1.44 bits per heavy atom. The summed E-state index contributed by atoms with van der Waals surface area (Å²) in [6.45, 7) is 11.6. The normalized spacial score (nSPS) is 20.3. The van der Waals surface area contributed by atoms with E-state index in [4.69, 9.17) is 4.74 Å². The number of ether oxygens (including phenoxy) is 1. The first-order chi connectivity index (χ1) is 7.45. The molecule has 0 aliphatic carbocycles. The second kappa shape index (κ2) is 7.66. The number of rotatable bonds is 3. The number of carbonyl (C=O) groups is 1. The molecule has 1 atom stereocenters. The van der Waals surface area contributed by atoms with Gasteiger partial charge in [0.05, 0.1) is 0 Å². The zero-order valence-corrected chi connectivity index (χ0v) is 11.5. The molecule has 16 heavy (non-hydrogen) atoms. The van der Waals surface area contributed by atoms with E-state index in [1.165, 1.54) is 6.42 Å². The Bertz CT molecular complexity index is 185. The molecule has 1 fully saturated rings. The zero-order chi connectivity index (χ0) is 12.6. The lowest BCUT2D eigenvalue weighted by molar-refractivity contribution is -0.117. The van der Waals surface area contributed by atoms with E-state index in [0.717, 1.165) is 32.5 Å². The van der Waals surface area contributed by atoms with E-state index in [1.54, 1.807) is 7.11 Å². The van der Waals surface area contributed by atoms with Gasteiger partial charge in [-0.05, 0) is 24.2 Å². The Hall–Kier alpha value is -0.570. The van der Waals surface area contributed by atoms with Crippen LogP contribution in [-0.2, 0) is 9.53 Å². The molecule has 0 spiro atoms. The summed E-state index contributed by atoms with van der Waals surface area (Å²) in [6, 6.07) is 0. The molecule has 0 radical (unpaired) electrons. The summed E-state index contributed by atoms with van der Waals surface area (Å²) < 4.78 is 4.69. The van der Waals surface area contributed by atoms with Crippen molar-refractivity contribution in [3.8, 4) is 0 Å². The molecular weight excluding hydrogens is 202 g/mol. The molecule has 0 aromatic rings. The molecule has 1 aliphatic heterocycles. The topological polar surface area (TPSA) is 29.5 Å². The molecule has 1 rings (SSSR count). The number of likely N-dealkylation sites (tertiary alicyclic amines) is 1. The van der Waals surface area contributed by atoms with Crippen LogP contribution in [0.5, 0.6) is 0 Å². The minimum absolute atomic E-state index is 0.359. The van der Waals surface area contributed by atoms with Crippen LogP contribution in [0.4, 0.5) is 0 Å². The predicted molar refractivity (Wildman–Crippen MR) is 67.4 cm³/mol. The standard InChI is InChI=1S/C9H17NO.C4H10O/c1-9(2,3)8-4-5-10(6-8)7-11;1-3-4-5-2/h7-8H,4-6H2,1-3H3;3-4H2,1-2H3. The SMILES string of the molecule is CC(C)(C)C1CCN(C=O)C1.CCCOC. The van der Waals surface area contributed by atoms with Crippen LogP contribution in [-0.4, -0.2) is 38.1 Å². The minimum Gasteiger partial charge on any atom is -0.385 e. The summed E-state index contributed by atoms with van der Waals surface area (Å²) in [6.07, 6.45) is 3.25. The number of carbonyl (C=O) groups excluding carboxylic acids is 1. The first-order valence-corrected chi connectivity index (χ1v) is 6.14. The molecule has 1 unspecified atom stereocenters. The summed E-state index contributed by atoms with van der Waals surface area (Å²) in [5, 5.41) is 0. The number of amides is 1. The van der Waals surface area contributed by atoms with Crippen LogP contribution in [0.15, 0.2) is 0 Å². The fraction of sp³-hybridized carbons (Fsp3) is 0.923. The van der Waals surface area contributed by atoms with Gasteiger partial charge in [0.2, 0.25) is 6.41 Å². The molecular formula is C13H27NO2. The monoisotopic (exact) mass is 229 g/mol. The third kappa shape index (κ3) is 6.11. The summed E-state index contributed by atoms with van der Waals surface area (Å²) in [4.78, 5) is 12.3. The van der Waals surface area contributed by atoms with E-state index in [1.807, 2.05) is 4.90 Å². The summed E-state index contributed by atoms with van der Waals surface area (Å²) in [5.74, 6) is 0.688. The van der Waals surface area contributed by atoms with E-state index >= 15 is 0 Å². The Labute approximate surface area is 100 Å². The van der Waals surface area contributed by atoms with Gasteiger partial charge in [-0.2, -0.15) is 0 Å². The van der Waals surface area contributed by atoms with E-state index in [-0.39, 0.29) is 0 Å². The van der Waals surface area contributed by atoms with Crippen LogP contribution in [0.3, 0.4) is 0 Å². The van der Waals surface area contributed by atoms with Crippen LogP contribution >= 0.6 is 0 Å². The third-order valence-corrected chi connectivity index (χ3v) is 3.00. The van der Waals surface area contributed by atoms with Crippen LogP contribution in [0.2, 0.25) is 0 Å². The minimum atomic E-state index is 0.359. The van der Waals surface area contributed by atoms with Crippen molar-refractivity contribution in [1.29, 1.82) is 0 Å². The van der Waals surface area contributed by atoms with Gasteiger partial charge in [-0.15, -0.1) is 0 Å². The molecule has 96 valence electrons. The van der Waals surface area contributed by atoms with Crippen molar-refractivity contribution in [1.82, 2.24) is 4.90 Å². The Kier molecular flexibility index (Phi) is 7.39. The molecule has 0 bridgehead atoms. The number of nitrogens with zero attached hydrogens (tertiary/aromatic N) is 1. The number of hydrogen-bond acceptors (Lipinski definition) is 2. The fourth-order valence-corrected chi connectivity index (χ4v) is 1.79. The maximum atomic E-state index is 10.4. The lowest BCUT2D eigenvalue weighted by atomic mass is 9.80. The van der Waals surface area contributed by atoms with Crippen molar-refractivity contribution in [2.75, 3.05) is 26.8 Å². The molecule has 1 amide bonds. The molecule has 0 N–H and O–H groups in total. The van der Waals surface area contributed by atoms with Gasteiger partial charge in [0, 0.05) is 26.8 Å².